The van der Waals surface area contributed by atoms with Crippen LogP contribution in [0, 0.1) is 0 Å². The molecular formula is C22H24N4O5S. The monoisotopic (exact) mass is 456 g/mol. The van der Waals surface area contributed by atoms with Gasteiger partial charge in [-0.05, 0) is 24.5 Å². The van der Waals surface area contributed by atoms with Crippen molar-refractivity contribution in [2.45, 2.75) is 36.7 Å². The van der Waals surface area contributed by atoms with Gasteiger partial charge in [-0.2, -0.15) is 0 Å². The zero-order valence-corrected chi connectivity index (χ0v) is 18.3. The summed E-state index contributed by atoms with van der Waals surface area (Å²) >= 11 is 1.30. The molecule has 0 bridgehead atoms. The van der Waals surface area contributed by atoms with Crippen molar-refractivity contribution in [1.29, 1.82) is 0 Å². The number of ether oxygens (including phenoxy) is 2. The van der Waals surface area contributed by atoms with Gasteiger partial charge < -0.3 is 14.4 Å². The van der Waals surface area contributed by atoms with Crippen LogP contribution >= 0.6 is 11.8 Å². The van der Waals surface area contributed by atoms with Crippen molar-refractivity contribution in [3.63, 3.8) is 0 Å². The summed E-state index contributed by atoms with van der Waals surface area (Å²) in [6.07, 6.45) is 3.93. The van der Waals surface area contributed by atoms with Crippen LogP contribution in [-0.2, 0) is 25.7 Å². The van der Waals surface area contributed by atoms with Crippen LogP contribution in [0.3, 0.4) is 0 Å². The molecule has 2 aromatic rings. The van der Waals surface area contributed by atoms with Crippen molar-refractivity contribution in [2.24, 2.45) is 0 Å². The minimum atomic E-state index is -0.760. The van der Waals surface area contributed by atoms with Crippen molar-refractivity contribution in [3.05, 3.63) is 54.4 Å². The summed E-state index contributed by atoms with van der Waals surface area (Å²) in [4.78, 5) is 49.0. The van der Waals surface area contributed by atoms with Crippen molar-refractivity contribution < 1.29 is 23.9 Å². The molecule has 32 heavy (non-hydrogen) atoms. The molecule has 0 N–H and O–H groups in total. The lowest BCUT2D eigenvalue weighted by Gasteiger charge is -2.37. The van der Waals surface area contributed by atoms with Crippen LogP contribution < -0.4 is 0 Å². The number of benzene rings is 1. The average Bonchev–Trinajstić information content (AvgIpc) is 3.24. The number of esters is 1. The van der Waals surface area contributed by atoms with E-state index in [9.17, 15) is 14.4 Å². The molecule has 1 aromatic heterocycles. The fraction of sp³-hybridized carbons (Fsp3) is 0.409. The molecule has 4 rings (SSSR count). The first-order valence-corrected chi connectivity index (χ1v) is 11.4. The first kappa shape index (κ1) is 22.1. The number of likely N-dealkylation sites (tertiary alicyclic amines) is 1. The van der Waals surface area contributed by atoms with E-state index < -0.39 is 18.1 Å². The van der Waals surface area contributed by atoms with Gasteiger partial charge in [0.2, 0.25) is 5.91 Å². The Morgan fingerprint density at radius 1 is 1.09 bits per heavy atom. The van der Waals surface area contributed by atoms with E-state index in [4.69, 9.17) is 9.47 Å². The van der Waals surface area contributed by atoms with E-state index in [1.807, 2.05) is 30.3 Å². The quantitative estimate of drug-likeness (QED) is 0.355. The number of cyclic esters (lactones) is 1. The summed E-state index contributed by atoms with van der Waals surface area (Å²) in [6, 6.07) is 10.2. The van der Waals surface area contributed by atoms with Gasteiger partial charge in [-0.3, -0.25) is 9.69 Å². The molecule has 2 aliphatic heterocycles. The van der Waals surface area contributed by atoms with Crippen molar-refractivity contribution in [3.8, 4) is 0 Å². The molecule has 0 spiro atoms. The number of piperidine rings is 1. The van der Waals surface area contributed by atoms with Gasteiger partial charge in [0.1, 0.15) is 13.2 Å². The number of rotatable bonds is 7. The molecule has 1 unspecified atom stereocenters. The minimum Gasteiger partial charge on any atom is -0.459 e. The predicted molar refractivity (Wildman–Crippen MR) is 116 cm³/mol. The topological polar surface area (TPSA) is 102 Å². The van der Waals surface area contributed by atoms with E-state index in [0.717, 1.165) is 5.56 Å². The van der Waals surface area contributed by atoms with Gasteiger partial charge in [-0.15, -0.1) is 0 Å². The first-order valence-electron chi connectivity index (χ1n) is 10.4. The summed E-state index contributed by atoms with van der Waals surface area (Å²) < 4.78 is 10.6. The smallest absolute Gasteiger partial charge is 0.410 e. The third kappa shape index (κ3) is 5.37. The number of amides is 2. The van der Waals surface area contributed by atoms with Crippen LogP contribution in [0.4, 0.5) is 4.79 Å². The van der Waals surface area contributed by atoms with Crippen molar-refractivity contribution in [2.75, 3.05) is 25.4 Å². The Bertz CT molecular complexity index is 938. The van der Waals surface area contributed by atoms with Gasteiger partial charge in [-0.25, -0.2) is 19.6 Å². The Morgan fingerprint density at radius 3 is 2.53 bits per heavy atom. The zero-order chi connectivity index (χ0) is 22.3. The predicted octanol–water partition coefficient (Wildman–Crippen LogP) is 2.12. The number of carbonyl (C=O) groups is 3. The number of nitrogens with zero attached hydrogens (tertiary/aromatic N) is 4. The molecule has 10 heteroatoms. The molecule has 3 heterocycles. The van der Waals surface area contributed by atoms with Crippen LogP contribution in [0.2, 0.25) is 0 Å². The number of hydrogen-bond acceptors (Lipinski definition) is 8. The molecule has 0 aliphatic carbocycles. The SMILES string of the molecule is O=C(OCc1ccccc1)C1COC(=O)N1C1CCN(C(=O)CSc2ncccn2)CC1. The summed E-state index contributed by atoms with van der Waals surface area (Å²) in [6.45, 7) is 1.15. The molecule has 2 saturated heterocycles. The fourth-order valence-corrected chi connectivity index (χ4v) is 4.52. The van der Waals surface area contributed by atoms with E-state index in [1.54, 1.807) is 23.4 Å². The van der Waals surface area contributed by atoms with Crippen molar-refractivity contribution in [1.82, 2.24) is 19.8 Å². The standard InChI is InChI=1S/C22H24N4O5S/c27-19(15-32-21-23-9-4-10-24-21)25-11-7-17(8-12-25)26-18(14-31-22(26)29)20(28)30-13-16-5-2-1-3-6-16/h1-6,9-10,17-18H,7-8,11-15H2. The summed E-state index contributed by atoms with van der Waals surface area (Å²) in [7, 11) is 0. The van der Waals surface area contributed by atoms with Gasteiger partial charge >= 0.3 is 12.1 Å². The Morgan fingerprint density at radius 2 is 1.81 bits per heavy atom. The van der Waals surface area contributed by atoms with Crippen molar-refractivity contribution >= 4 is 29.7 Å². The largest absolute Gasteiger partial charge is 0.459 e. The maximum Gasteiger partial charge on any atom is 0.410 e. The first-order chi connectivity index (χ1) is 15.6. The number of carbonyl (C=O) groups excluding carboxylic acids is 3. The molecule has 1 atom stereocenters. The molecular weight excluding hydrogens is 432 g/mol. The number of hydrogen-bond donors (Lipinski definition) is 0. The Kier molecular flexibility index (Phi) is 7.21. The molecule has 168 valence electrons. The van der Waals surface area contributed by atoms with Crippen LogP contribution in [0.25, 0.3) is 0 Å². The van der Waals surface area contributed by atoms with Crippen LogP contribution in [0.15, 0.2) is 53.9 Å². The lowest BCUT2D eigenvalue weighted by Crippen LogP contribution is -2.52. The van der Waals surface area contributed by atoms with Crippen LogP contribution in [0.1, 0.15) is 18.4 Å². The highest BCUT2D eigenvalue weighted by atomic mass is 32.2. The fourth-order valence-electron chi connectivity index (χ4n) is 3.81. The maximum absolute atomic E-state index is 12.6. The molecule has 2 fully saturated rings. The molecule has 2 aliphatic rings. The molecule has 1 aromatic carbocycles. The molecule has 2 amide bonds. The molecule has 9 nitrogen and oxygen atoms in total. The molecule has 0 saturated carbocycles. The average molecular weight is 457 g/mol. The minimum absolute atomic E-state index is 0.00345. The second-order valence-electron chi connectivity index (χ2n) is 7.53. The van der Waals surface area contributed by atoms with Gasteiger partial charge in [0.25, 0.3) is 0 Å². The lowest BCUT2D eigenvalue weighted by atomic mass is 10.0. The summed E-state index contributed by atoms with van der Waals surface area (Å²) in [5, 5.41) is 0.562. The second-order valence-corrected chi connectivity index (χ2v) is 8.47. The Balaban J connectivity index is 1.28. The number of aromatic nitrogens is 2. The zero-order valence-electron chi connectivity index (χ0n) is 17.5. The highest BCUT2D eigenvalue weighted by molar-refractivity contribution is 7.99. The third-order valence-electron chi connectivity index (χ3n) is 5.48. The Labute approximate surface area is 190 Å². The van der Waals surface area contributed by atoms with Crippen LogP contribution in [0.5, 0.6) is 0 Å². The second kappa shape index (κ2) is 10.4. The maximum atomic E-state index is 12.6. The number of thioether (sulfide) groups is 1. The van der Waals surface area contributed by atoms with Crippen LogP contribution in [-0.4, -0.2) is 75.3 Å². The van der Waals surface area contributed by atoms with Gasteiger partial charge in [0, 0.05) is 31.5 Å². The van der Waals surface area contributed by atoms with Gasteiger partial charge in [0.15, 0.2) is 11.2 Å². The third-order valence-corrected chi connectivity index (χ3v) is 6.34. The Hall–Kier alpha value is -3.14. The summed E-state index contributed by atoms with van der Waals surface area (Å²) in [5.41, 5.74) is 0.878. The van der Waals surface area contributed by atoms with E-state index in [1.165, 1.54) is 16.7 Å². The highest BCUT2D eigenvalue weighted by Crippen LogP contribution is 2.25. The van der Waals surface area contributed by atoms with Gasteiger partial charge in [-0.1, -0.05) is 42.1 Å². The molecule has 0 radical (unpaired) electrons. The van der Waals surface area contributed by atoms with Gasteiger partial charge in [0.05, 0.1) is 5.75 Å². The summed E-state index contributed by atoms with van der Waals surface area (Å²) in [5.74, 6) is -0.212. The van der Waals surface area contributed by atoms with E-state index in [-0.39, 0.29) is 30.9 Å². The lowest BCUT2D eigenvalue weighted by molar-refractivity contribution is -0.150. The van der Waals surface area contributed by atoms with E-state index >= 15 is 0 Å². The normalized spacial score (nSPS) is 19.0. The van der Waals surface area contributed by atoms with E-state index in [2.05, 4.69) is 9.97 Å². The highest BCUT2D eigenvalue weighted by Gasteiger charge is 2.44. The van der Waals surface area contributed by atoms with E-state index in [0.29, 0.717) is 31.1 Å².